The zero-order valence-electron chi connectivity index (χ0n) is 7.70. The molecule has 0 bridgehead atoms. The van der Waals surface area contributed by atoms with Gasteiger partial charge in [-0.1, -0.05) is 22.6 Å². The van der Waals surface area contributed by atoms with E-state index in [0.717, 1.165) is 16.6 Å². The molecule has 1 rings (SSSR count). The highest BCUT2D eigenvalue weighted by Gasteiger charge is 1.99. The fraction of sp³-hybridized carbons (Fsp3) is 0.300. The SMILES string of the molecule is NC(=O)c1ccc(OCCCI)cc1. The van der Waals surface area contributed by atoms with Gasteiger partial charge in [-0.25, -0.2) is 0 Å². The predicted molar refractivity (Wildman–Crippen MR) is 64.0 cm³/mol. The molecule has 0 atom stereocenters. The van der Waals surface area contributed by atoms with Gasteiger partial charge in [0.2, 0.25) is 5.91 Å². The van der Waals surface area contributed by atoms with Crippen molar-refractivity contribution in [3.8, 4) is 5.75 Å². The molecule has 0 heterocycles. The molecule has 76 valence electrons. The summed E-state index contributed by atoms with van der Waals surface area (Å²) in [6.07, 6.45) is 1.03. The van der Waals surface area contributed by atoms with E-state index in [2.05, 4.69) is 22.6 Å². The maximum Gasteiger partial charge on any atom is 0.248 e. The minimum absolute atomic E-state index is 0.413. The van der Waals surface area contributed by atoms with Crippen LogP contribution < -0.4 is 10.5 Å². The molecule has 1 aromatic rings. The zero-order chi connectivity index (χ0) is 10.4. The highest BCUT2D eigenvalue weighted by Crippen LogP contribution is 2.12. The molecule has 3 nitrogen and oxygen atoms in total. The lowest BCUT2D eigenvalue weighted by Gasteiger charge is -2.04. The van der Waals surface area contributed by atoms with Crippen LogP contribution in [0.2, 0.25) is 0 Å². The lowest BCUT2D eigenvalue weighted by Crippen LogP contribution is -2.10. The number of carbonyl (C=O) groups is 1. The van der Waals surface area contributed by atoms with E-state index in [1.165, 1.54) is 0 Å². The van der Waals surface area contributed by atoms with E-state index in [9.17, 15) is 4.79 Å². The van der Waals surface area contributed by atoms with Crippen LogP contribution in [0.3, 0.4) is 0 Å². The molecule has 0 fully saturated rings. The number of rotatable bonds is 5. The first-order valence-corrected chi connectivity index (χ1v) is 5.85. The number of primary amides is 1. The van der Waals surface area contributed by atoms with Crippen molar-refractivity contribution in [2.75, 3.05) is 11.0 Å². The second kappa shape index (κ2) is 5.85. The van der Waals surface area contributed by atoms with Crippen LogP contribution in [0.4, 0.5) is 0 Å². The summed E-state index contributed by atoms with van der Waals surface area (Å²) in [6, 6.07) is 6.85. The van der Waals surface area contributed by atoms with E-state index in [1.54, 1.807) is 24.3 Å². The molecule has 0 saturated heterocycles. The van der Waals surface area contributed by atoms with Crippen molar-refractivity contribution in [3.63, 3.8) is 0 Å². The Morgan fingerprint density at radius 3 is 2.50 bits per heavy atom. The number of halogens is 1. The Morgan fingerprint density at radius 2 is 2.00 bits per heavy atom. The molecule has 0 aliphatic heterocycles. The number of nitrogens with two attached hydrogens (primary N) is 1. The van der Waals surface area contributed by atoms with Gasteiger partial charge in [0.15, 0.2) is 0 Å². The number of amides is 1. The van der Waals surface area contributed by atoms with Gasteiger partial charge in [-0.15, -0.1) is 0 Å². The van der Waals surface area contributed by atoms with Gasteiger partial charge in [0.05, 0.1) is 6.61 Å². The van der Waals surface area contributed by atoms with Gasteiger partial charge in [-0.2, -0.15) is 0 Å². The highest BCUT2D eigenvalue weighted by molar-refractivity contribution is 14.1. The number of ether oxygens (including phenoxy) is 1. The van der Waals surface area contributed by atoms with Crippen molar-refractivity contribution in [1.82, 2.24) is 0 Å². The first-order valence-electron chi connectivity index (χ1n) is 4.32. The van der Waals surface area contributed by atoms with Gasteiger partial charge in [0.1, 0.15) is 5.75 Å². The summed E-state index contributed by atoms with van der Waals surface area (Å²) in [7, 11) is 0. The van der Waals surface area contributed by atoms with Gasteiger partial charge in [-0.05, 0) is 30.7 Å². The largest absolute Gasteiger partial charge is 0.494 e. The van der Waals surface area contributed by atoms with Crippen LogP contribution in [-0.4, -0.2) is 16.9 Å². The monoisotopic (exact) mass is 305 g/mol. The van der Waals surface area contributed by atoms with Crippen molar-refractivity contribution in [2.45, 2.75) is 6.42 Å². The average molecular weight is 305 g/mol. The molecular weight excluding hydrogens is 293 g/mol. The zero-order valence-corrected chi connectivity index (χ0v) is 9.86. The molecule has 0 unspecified atom stereocenters. The van der Waals surface area contributed by atoms with E-state index >= 15 is 0 Å². The molecule has 1 aromatic carbocycles. The van der Waals surface area contributed by atoms with Gasteiger partial charge >= 0.3 is 0 Å². The number of carbonyl (C=O) groups excluding carboxylic acids is 1. The molecule has 1 amide bonds. The fourth-order valence-electron chi connectivity index (χ4n) is 0.960. The molecule has 0 aliphatic rings. The number of benzene rings is 1. The van der Waals surface area contributed by atoms with Crippen LogP contribution >= 0.6 is 22.6 Å². The third-order valence-electron chi connectivity index (χ3n) is 1.69. The lowest BCUT2D eigenvalue weighted by molar-refractivity contribution is 0.100. The Morgan fingerprint density at radius 1 is 1.36 bits per heavy atom. The first-order chi connectivity index (χ1) is 6.74. The van der Waals surface area contributed by atoms with Crippen LogP contribution in [0, 0.1) is 0 Å². The predicted octanol–water partition coefficient (Wildman–Crippen LogP) is 1.99. The summed E-state index contributed by atoms with van der Waals surface area (Å²) in [5, 5.41) is 0. The van der Waals surface area contributed by atoms with E-state index in [0.29, 0.717) is 12.2 Å². The summed E-state index contributed by atoms with van der Waals surface area (Å²) >= 11 is 2.30. The van der Waals surface area contributed by atoms with E-state index in [4.69, 9.17) is 10.5 Å². The quantitative estimate of drug-likeness (QED) is 0.514. The van der Waals surface area contributed by atoms with E-state index < -0.39 is 5.91 Å². The average Bonchev–Trinajstić information content (AvgIpc) is 2.19. The van der Waals surface area contributed by atoms with Crippen molar-refractivity contribution in [3.05, 3.63) is 29.8 Å². The van der Waals surface area contributed by atoms with Crippen LogP contribution in [0.25, 0.3) is 0 Å². The van der Waals surface area contributed by atoms with Gasteiger partial charge in [0.25, 0.3) is 0 Å². The second-order valence-electron chi connectivity index (χ2n) is 2.78. The number of alkyl halides is 1. The van der Waals surface area contributed by atoms with Crippen molar-refractivity contribution >= 4 is 28.5 Å². The molecule has 2 N–H and O–H groups in total. The number of hydrogen-bond acceptors (Lipinski definition) is 2. The van der Waals surface area contributed by atoms with Crippen molar-refractivity contribution < 1.29 is 9.53 Å². The summed E-state index contributed by atoms with van der Waals surface area (Å²) in [5.74, 6) is 0.365. The van der Waals surface area contributed by atoms with Gasteiger partial charge in [-0.3, -0.25) is 4.79 Å². The summed E-state index contributed by atoms with van der Waals surface area (Å²) < 4.78 is 6.50. The normalized spacial score (nSPS) is 9.79. The third-order valence-corrected chi connectivity index (χ3v) is 2.45. The minimum Gasteiger partial charge on any atom is -0.494 e. The summed E-state index contributed by atoms with van der Waals surface area (Å²) in [5.41, 5.74) is 5.61. The third kappa shape index (κ3) is 3.53. The maximum absolute atomic E-state index is 10.8. The van der Waals surface area contributed by atoms with Crippen LogP contribution in [0.1, 0.15) is 16.8 Å². The van der Waals surface area contributed by atoms with Crippen molar-refractivity contribution in [2.24, 2.45) is 5.73 Å². The van der Waals surface area contributed by atoms with E-state index in [1.807, 2.05) is 0 Å². The molecule has 0 aliphatic carbocycles. The Kier molecular flexibility index (Phi) is 4.72. The minimum atomic E-state index is -0.413. The van der Waals surface area contributed by atoms with Crippen LogP contribution in [-0.2, 0) is 0 Å². The molecule has 0 radical (unpaired) electrons. The standard InChI is InChI=1S/C10H12INO2/c11-6-1-7-14-9-4-2-8(3-5-9)10(12)13/h2-5H,1,6-7H2,(H2,12,13). The van der Waals surface area contributed by atoms with E-state index in [-0.39, 0.29) is 0 Å². The molecule has 0 saturated carbocycles. The maximum atomic E-state index is 10.8. The van der Waals surface area contributed by atoms with Gasteiger partial charge < -0.3 is 10.5 Å². The van der Waals surface area contributed by atoms with Crippen molar-refractivity contribution in [1.29, 1.82) is 0 Å². The molecule has 0 spiro atoms. The Labute approximate surface area is 96.8 Å². The second-order valence-corrected chi connectivity index (χ2v) is 3.86. The topological polar surface area (TPSA) is 52.3 Å². The smallest absolute Gasteiger partial charge is 0.248 e. The Hall–Kier alpha value is -0.780. The summed E-state index contributed by atoms with van der Waals surface area (Å²) in [6.45, 7) is 0.707. The highest BCUT2D eigenvalue weighted by atomic mass is 127. The first kappa shape index (κ1) is 11.3. The van der Waals surface area contributed by atoms with Gasteiger partial charge in [0, 0.05) is 9.99 Å². The molecular formula is C10H12INO2. The Bertz CT molecular complexity index is 297. The lowest BCUT2D eigenvalue weighted by atomic mass is 10.2. The fourth-order valence-corrected chi connectivity index (χ4v) is 1.27. The number of hydrogen-bond donors (Lipinski definition) is 1. The Balaban J connectivity index is 2.51. The molecule has 14 heavy (non-hydrogen) atoms. The summed E-state index contributed by atoms with van der Waals surface area (Å²) in [4.78, 5) is 10.8. The molecule has 4 heteroatoms. The van der Waals surface area contributed by atoms with Crippen LogP contribution in [0.15, 0.2) is 24.3 Å². The molecule has 0 aromatic heterocycles. The van der Waals surface area contributed by atoms with Crippen LogP contribution in [0.5, 0.6) is 5.75 Å².